The molecule has 4 aromatic rings. The van der Waals surface area contributed by atoms with Crippen molar-refractivity contribution < 1.29 is 22.7 Å². The number of rotatable bonds is 8. The Bertz CT molecular complexity index is 1460. The van der Waals surface area contributed by atoms with Gasteiger partial charge in [-0.3, -0.25) is 4.79 Å². The third-order valence-electron chi connectivity index (χ3n) is 5.28. The van der Waals surface area contributed by atoms with E-state index in [1.807, 2.05) is 42.5 Å². The standard InChI is InChI=1S/C25H21N3O5S2/c29-22(26-14-17-11-12-20-21(13-17)33-16-32-20)15-34-24-25(35(30,31)19-9-5-2-6-10-19)28-23(27-24)18-7-3-1-4-8-18/h1-13H,14-16H2,(H,26,29)(H,27,28). The van der Waals surface area contributed by atoms with E-state index in [0.29, 0.717) is 23.9 Å². The molecule has 5 rings (SSSR count). The zero-order valence-electron chi connectivity index (χ0n) is 18.4. The van der Waals surface area contributed by atoms with Crippen LogP contribution in [0.5, 0.6) is 11.5 Å². The molecule has 0 spiro atoms. The van der Waals surface area contributed by atoms with Crippen LogP contribution < -0.4 is 14.8 Å². The van der Waals surface area contributed by atoms with E-state index in [2.05, 4.69) is 15.3 Å². The van der Waals surface area contributed by atoms with Gasteiger partial charge in [0, 0.05) is 12.1 Å². The van der Waals surface area contributed by atoms with E-state index >= 15 is 0 Å². The largest absolute Gasteiger partial charge is 0.454 e. The van der Waals surface area contributed by atoms with Gasteiger partial charge in [-0.1, -0.05) is 66.4 Å². The maximum atomic E-state index is 13.3. The van der Waals surface area contributed by atoms with Crippen molar-refractivity contribution in [3.8, 4) is 22.9 Å². The fourth-order valence-electron chi connectivity index (χ4n) is 3.51. The van der Waals surface area contributed by atoms with Crippen LogP contribution in [0, 0.1) is 0 Å². The highest BCUT2D eigenvalue weighted by Gasteiger charge is 2.26. The molecule has 1 amide bonds. The predicted molar refractivity (Wildman–Crippen MR) is 131 cm³/mol. The lowest BCUT2D eigenvalue weighted by Crippen LogP contribution is -2.24. The molecule has 0 fully saturated rings. The third-order valence-corrected chi connectivity index (χ3v) is 8.11. The number of thioether (sulfide) groups is 1. The number of sulfone groups is 1. The molecule has 35 heavy (non-hydrogen) atoms. The first-order valence-electron chi connectivity index (χ1n) is 10.7. The molecule has 2 N–H and O–H groups in total. The molecule has 0 atom stereocenters. The molecule has 0 unspecified atom stereocenters. The number of amides is 1. The molecule has 8 nitrogen and oxygen atoms in total. The van der Waals surface area contributed by atoms with Crippen molar-refractivity contribution in [3.63, 3.8) is 0 Å². The highest BCUT2D eigenvalue weighted by Crippen LogP contribution is 2.33. The number of aromatic amines is 1. The molecule has 0 bridgehead atoms. The van der Waals surface area contributed by atoms with E-state index in [-0.39, 0.29) is 33.4 Å². The van der Waals surface area contributed by atoms with Crippen molar-refractivity contribution in [1.29, 1.82) is 0 Å². The Morgan fingerprint density at radius 3 is 2.46 bits per heavy atom. The fraction of sp³-hybridized carbons (Fsp3) is 0.120. The number of benzene rings is 3. The first-order chi connectivity index (χ1) is 17.0. The van der Waals surface area contributed by atoms with Crippen LogP contribution in [0.2, 0.25) is 0 Å². The number of ether oxygens (including phenoxy) is 2. The Hall–Kier alpha value is -3.76. The summed E-state index contributed by atoms with van der Waals surface area (Å²) in [6.07, 6.45) is 0. The van der Waals surface area contributed by atoms with Crippen molar-refractivity contribution in [2.45, 2.75) is 21.5 Å². The minimum absolute atomic E-state index is 0.000937. The number of hydrogen-bond donors (Lipinski definition) is 2. The van der Waals surface area contributed by atoms with Gasteiger partial charge in [-0.05, 0) is 29.8 Å². The van der Waals surface area contributed by atoms with Gasteiger partial charge in [0.1, 0.15) is 10.9 Å². The SMILES string of the molecule is O=C(CSc1nc(-c2ccccc2)[nH]c1S(=O)(=O)c1ccccc1)NCc1ccc2c(c1)OCO2. The maximum absolute atomic E-state index is 13.3. The van der Waals surface area contributed by atoms with Gasteiger partial charge in [0.2, 0.25) is 22.5 Å². The van der Waals surface area contributed by atoms with Gasteiger partial charge in [0.05, 0.1) is 10.6 Å². The molecule has 0 radical (unpaired) electrons. The van der Waals surface area contributed by atoms with Gasteiger partial charge in [-0.15, -0.1) is 0 Å². The molecule has 1 aliphatic rings. The number of H-pyrrole nitrogens is 1. The van der Waals surface area contributed by atoms with E-state index in [9.17, 15) is 13.2 Å². The van der Waals surface area contributed by atoms with Crippen LogP contribution in [0.4, 0.5) is 0 Å². The summed E-state index contributed by atoms with van der Waals surface area (Å²) in [5, 5.41) is 3.06. The molecule has 0 aliphatic carbocycles. The summed E-state index contributed by atoms with van der Waals surface area (Å²) in [5.74, 6) is 1.49. The summed E-state index contributed by atoms with van der Waals surface area (Å²) < 4.78 is 37.3. The molecule has 2 heterocycles. The van der Waals surface area contributed by atoms with Gasteiger partial charge in [0.25, 0.3) is 0 Å². The number of hydrogen-bond acceptors (Lipinski definition) is 7. The van der Waals surface area contributed by atoms with Crippen molar-refractivity contribution in [3.05, 3.63) is 84.4 Å². The number of imidazole rings is 1. The second-order valence-corrected chi connectivity index (χ2v) is 10.5. The molecule has 10 heteroatoms. The predicted octanol–water partition coefficient (Wildman–Crippen LogP) is 4.05. The molecular weight excluding hydrogens is 486 g/mol. The quantitative estimate of drug-likeness (QED) is 0.346. The second kappa shape index (κ2) is 9.85. The van der Waals surface area contributed by atoms with E-state index in [0.717, 1.165) is 22.9 Å². The van der Waals surface area contributed by atoms with Crippen LogP contribution in [0.15, 0.2) is 93.8 Å². The van der Waals surface area contributed by atoms with E-state index < -0.39 is 9.84 Å². The normalized spacial score (nSPS) is 12.5. The third kappa shape index (κ3) is 5.03. The van der Waals surface area contributed by atoms with Gasteiger partial charge >= 0.3 is 0 Å². The van der Waals surface area contributed by atoms with Crippen LogP contribution in [0.25, 0.3) is 11.4 Å². The average molecular weight is 508 g/mol. The van der Waals surface area contributed by atoms with Crippen LogP contribution in [0.1, 0.15) is 5.56 Å². The highest BCUT2D eigenvalue weighted by atomic mass is 32.2. The first-order valence-corrected chi connectivity index (χ1v) is 13.2. The summed E-state index contributed by atoms with van der Waals surface area (Å²) in [7, 11) is -3.86. The van der Waals surface area contributed by atoms with Crippen molar-refractivity contribution in [1.82, 2.24) is 15.3 Å². The molecule has 178 valence electrons. The molecule has 1 aromatic heterocycles. The zero-order chi connectivity index (χ0) is 24.3. The summed E-state index contributed by atoms with van der Waals surface area (Å²) in [5.41, 5.74) is 1.61. The first kappa shape index (κ1) is 23.0. The fourth-order valence-corrected chi connectivity index (χ4v) is 5.98. The molecule has 3 aromatic carbocycles. The molecule has 0 saturated heterocycles. The Labute approximate surface area is 206 Å². The van der Waals surface area contributed by atoms with Crippen LogP contribution in [-0.2, 0) is 21.2 Å². The molecule has 1 aliphatic heterocycles. The van der Waals surface area contributed by atoms with Crippen molar-refractivity contribution >= 4 is 27.5 Å². The minimum atomic E-state index is -3.86. The zero-order valence-corrected chi connectivity index (χ0v) is 20.1. The lowest BCUT2D eigenvalue weighted by molar-refractivity contribution is -0.118. The smallest absolute Gasteiger partial charge is 0.231 e. The Morgan fingerprint density at radius 2 is 1.69 bits per heavy atom. The van der Waals surface area contributed by atoms with Gasteiger partial charge in [0.15, 0.2) is 16.5 Å². The summed E-state index contributed by atoms with van der Waals surface area (Å²) in [4.78, 5) is 20.2. The topological polar surface area (TPSA) is 110 Å². The minimum Gasteiger partial charge on any atom is -0.454 e. The van der Waals surface area contributed by atoms with E-state index in [1.165, 1.54) is 12.1 Å². The van der Waals surface area contributed by atoms with E-state index in [1.54, 1.807) is 24.3 Å². The average Bonchev–Trinajstić information content (AvgIpc) is 3.54. The van der Waals surface area contributed by atoms with Gasteiger partial charge in [-0.2, -0.15) is 0 Å². The van der Waals surface area contributed by atoms with Crippen LogP contribution >= 0.6 is 11.8 Å². The van der Waals surface area contributed by atoms with Gasteiger partial charge in [-0.25, -0.2) is 13.4 Å². The monoisotopic (exact) mass is 507 g/mol. The van der Waals surface area contributed by atoms with Crippen LogP contribution in [0.3, 0.4) is 0 Å². The summed E-state index contributed by atoms with van der Waals surface area (Å²) in [6.45, 7) is 0.492. The van der Waals surface area contributed by atoms with Crippen molar-refractivity contribution in [2.24, 2.45) is 0 Å². The van der Waals surface area contributed by atoms with E-state index in [4.69, 9.17) is 9.47 Å². The Kier molecular flexibility index (Phi) is 6.47. The summed E-state index contributed by atoms with van der Waals surface area (Å²) in [6, 6.07) is 22.9. The Morgan fingerprint density at radius 1 is 0.971 bits per heavy atom. The number of nitrogens with zero attached hydrogens (tertiary/aromatic N) is 1. The molecular formula is C25H21N3O5S2. The number of fused-ring (bicyclic) bond motifs is 1. The van der Waals surface area contributed by atoms with Crippen LogP contribution in [-0.4, -0.2) is 36.8 Å². The second-order valence-electron chi connectivity index (χ2n) is 7.66. The highest BCUT2D eigenvalue weighted by molar-refractivity contribution is 8.00. The number of nitrogens with one attached hydrogen (secondary N) is 2. The lowest BCUT2D eigenvalue weighted by Gasteiger charge is -2.07. The Balaban J connectivity index is 1.33. The number of aromatic nitrogens is 2. The van der Waals surface area contributed by atoms with Crippen molar-refractivity contribution in [2.75, 3.05) is 12.5 Å². The van der Waals surface area contributed by atoms with Gasteiger partial charge < -0.3 is 19.8 Å². The number of carbonyl (C=O) groups excluding carboxylic acids is 1. The summed E-state index contributed by atoms with van der Waals surface area (Å²) >= 11 is 1.07. The number of carbonyl (C=O) groups is 1. The lowest BCUT2D eigenvalue weighted by atomic mass is 10.2. The molecule has 0 saturated carbocycles. The maximum Gasteiger partial charge on any atom is 0.231 e.